The van der Waals surface area contributed by atoms with Gasteiger partial charge >= 0.3 is 5.97 Å². The molecule has 0 bridgehead atoms. The molecule has 0 spiro atoms. The summed E-state index contributed by atoms with van der Waals surface area (Å²) in [6.07, 6.45) is 0. The van der Waals surface area contributed by atoms with E-state index in [9.17, 15) is 4.79 Å². The minimum Gasteiger partial charge on any atom is -0.463 e. The lowest BCUT2D eigenvalue weighted by Crippen LogP contribution is -2.39. The van der Waals surface area contributed by atoms with Crippen molar-refractivity contribution in [2.45, 2.75) is 33.3 Å². The highest BCUT2D eigenvalue weighted by molar-refractivity contribution is 5.88. The zero-order valence-electron chi connectivity index (χ0n) is 10.8. The monoisotopic (exact) mass is 229 g/mol. The number of hydrogen-bond acceptors (Lipinski definition) is 4. The van der Waals surface area contributed by atoms with Gasteiger partial charge in [0, 0.05) is 25.3 Å². The second kappa shape index (κ2) is 7.41. The molecular formula is C12H23NO3. The van der Waals surface area contributed by atoms with Crippen LogP contribution in [0, 0.1) is 0 Å². The average Bonchev–Trinajstić information content (AvgIpc) is 2.17. The van der Waals surface area contributed by atoms with E-state index in [1.807, 2.05) is 20.8 Å². The first-order valence-corrected chi connectivity index (χ1v) is 5.62. The molecule has 0 fully saturated rings. The lowest BCUT2D eigenvalue weighted by Gasteiger charge is -2.25. The van der Waals surface area contributed by atoms with E-state index in [4.69, 9.17) is 9.47 Å². The molecule has 16 heavy (non-hydrogen) atoms. The standard InChI is InChI=1S/C12H23NO3/c1-6-15-11(14)10(3)8-13-9-12(4,5)16-7-2/h13H,3,6-9H2,1-2,4-5H3. The number of rotatable bonds is 8. The molecule has 4 nitrogen and oxygen atoms in total. The summed E-state index contributed by atoms with van der Waals surface area (Å²) >= 11 is 0. The fraction of sp³-hybridized carbons (Fsp3) is 0.750. The Morgan fingerprint density at radius 2 is 1.94 bits per heavy atom. The van der Waals surface area contributed by atoms with Gasteiger partial charge in [0.05, 0.1) is 12.2 Å². The molecule has 0 saturated carbocycles. The first-order valence-electron chi connectivity index (χ1n) is 5.62. The molecule has 0 aromatic carbocycles. The molecule has 0 unspecified atom stereocenters. The van der Waals surface area contributed by atoms with E-state index >= 15 is 0 Å². The summed E-state index contributed by atoms with van der Waals surface area (Å²) in [4.78, 5) is 11.2. The number of nitrogens with one attached hydrogen (secondary N) is 1. The van der Waals surface area contributed by atoms with Gasteiger partial charge in [0.15, 0.2) is 0 Å². The van der Waals surface area contributed by atoms with Crippen LogP contribution < -0.4 is 5.32 Å². The van der Waals surface area contributed by atoms with Crippen LogP contribution >= 0.6 is 0 Å². The van der Waals surface area contributed by atoms with Gasteiger partial charge in [-0.2, -0.15) is 0 Å². The van der Waals surface area contributed by atoms with Crippen molar-refractivity contribution in [1.82, 2.24) is 5.32 Å². The van der Waals surface area contributed by atoms with Crippen LogP contribution in [0.3, 0.4) is 0 Å². The molecule has 0 aliphatic rings. The summed E-state index contributed by atoms with van der Waals surface area (Å²) in [5.74, 6) is -0.343. The average molecular weight is 229 g/mol. The van der Waals surface area contributed by atoms with Gasteiger partial charge in [-0.3, -0.25) is 0 Å². The fourth-order valence-electron chi connectivity index (χ4n) is 1.26. The maximum absolute atomic E-state index is 11.2. The number of carbonyl (C=O) groups excluding carboxylic acids is 1. The zero-order chi connectivity index (χ0) is 12.6. The predicted molar refractivity (Wildman–Crippen MR) is 64.3 cm³/mol. The van der Waals surface area contributed by atoms with Gasteiger partial charge in [-0.05, 0) is 27.7 Å². The van der Waals surface area contributed by atoms with Crippen LogP contribution in [0.25, 0.3) is 0 Å². The van der Waals surface area contributed by atoms with E-state index in [1.165, 1.54) is 0 Å². The normalized spacial score (nSPS) is 11.2. The minimum atomic E-state index is -0.343. The summed E-state index contributed by atoms with van der Waals surface area (Å²) in [7, 11) is 0. The van der Waals surface area contributed by atoms with Crippen LogP contribution in [-0.4, -0.2) is 37.9 Å². The van der Waals surface area contributed by atoms with Crippen LogP contribution in [-0.2, 0) is 14.3 Å². The summed E-state index contributed by atoms with van der Waals surface area (Å²) in [6, 6.07) is 0. The Balaban J connectivity index is 3.81. The van der Waals surface area contributed by atoms with E-state index in [0.29, 0.717) is 31.9 Å². The predicted octanol–water partition coefficient (Wildman–Crippen LogP) is 1.51. The van der Waals surface area contributed by atoms with Gasteiger partial charge in [-0.15, -0.1) is 0 Å². The molecule has 0 rings (SSSR count). The molecule has 1 N–H and O–H groups in total. The SMILES string of the molecule is C=C(CNCC(C)(C)OCC)C(=O)OCC. The van der Waals surface area contributed by atoms with E-state index in [2.05, 4.69) is 11.9 Å². The summed E-state index contributed by atoms with van der Waals surface area (Å²) in [5, 5.41) is 3.12. The minimum absolute atomic E-state index is 0.232. The summed E-state index contributed by atoms with van der Waals surface area (Å²) in [5.41, 5.74) is 0.207. The van der Waals surface area contributed by atoms with Crippen LogP contribution in [0.15, 0.2) is 12.2 Å². The highest BCUT2D eigenvalue weighted by Crippen LogP contribution is 2.06. The second-order valence-electron chi connectivity index (χ2n) is 4.12. The Morgan fingerprint density at radius 1 is 1.31 bits per heavy atom. The summed E-state index contributed by atoms with van der Waals surface area (Å²) in [6.45, 7) is 13.5. The van der Waals surface area contributed by atoms with Gasteiger partial charge in [0.2, 0.25) is 0 Å². The van der Waals surface area contributed by atoms with E-state index in [0.717, 1.165) is 0 Å². The van der Waals surface area contributed by atoms with Crippen molar-refractivity contribution in [3.63, 3.8) is 0 Å². The van der Waals surface area contributed by atoms with Gasteiger partial charge < -0.3 is 14.8 Å². The first-order chi connectivity index (χ1) is 7.43. The van der Waals surface area contributed by atoms with Crippen LogP contribution in [0.4, 0.5) is 0 Å². The molecule has 0 aliphatic heterocycles. The van der Waals surface area contributed by atoms with Crippen molar-refractivity contribution < 1.29 is 14.3 Å². The Kier molecular flexibility index (Phi) is 7.01. The lowest BCUT2D eigenvalue weighted by atomic mass is 10.1. The number of hydrogen-bond donors (Lipinski definition) is 1. The van der Waals surface area contributed by atoms with Gasteiger partial charge in [-0.1, -0.05) is 6.58 Å². The van der Waals surface area contributed by atoms with Gasteiger partial charge in [0.25, 0.3) is 0 Å². The number of ether oxygens (including phenoxy) is 2. The fourth-order valence-corrected chi connectivity index (χ4v) is 1.26. The van der Waals surface area contributed by atoms with Crippen LogP contribution in [0.5, 0.6) is 0 Å². The van der Waals surface area contributed by atoms with E-state index in [1.54, 1.807) is 6.92 Å². The Labute approximate surface area is 98.0 Å². The van der Waals surface area contributed by atoms with Crippen molar-refractivity contribution in [3.05, 3.63) is 12.2 Å². The molecule has 4 heteroatoms. The van der Waals surface area contributed by atoms with Crippen molar-refractivity contribution in [2.24, 2.45) is 0 Å². The molecule has 0 saturated heterocycles. The van der Waals surface area contributed by atoms with Crippen LogP contribution in [0.1, 0.15) is 27.7 Å². The van der Waals surface area contributed by atoms with Crippen molar-refractivity contribution in [3.8, 4) is 0 Å². The highest BCUT2D eigenvalue weighted by atomic mass is 16.5. The van der Waals surface area contributed by atoms with Crippen molar-refractivity contribution in [2.75, 3.05) is 26.3 Å². The molecule has 0 amide bonds. The molecule has 0 aliphatic carbocycles. The molecule has 0 aromatic rings. The third-order valence-corrected chi connectivity index (χ3v) is 1.99. The zero-order valence-corrected chi connectivity index (χ0v) is 10.8. The molecule has 94 valence electrons. The smallest absolute Gasteiger partial charge is 0.334 e. The maximum Gasteiger partial charge on any atom is 0.334 e. The molecular weight excluding hydrogens is 206 g/mol. The lowest BCUT2D eigenvalue weighted by molar-refractivity contribution is -0.138. The van der Waals surface area contributed by atoms with Crippen LogP contribution in [0.2, 0.25) is 0 Å². The molecule has 0 aromatic heterocycles. The Morgan fingerprint density at radius 3 is 2.44 bits per heavy atom. The molecule has 0 atom stereocenters. The Bertz CT molecular complexity index is 236. The third-order valence-electron chi connectivity index (χ3n) is 1.99. The number of esters is 1. The first kappa shape index (κ1) is 15.1. The van der Waals surface area contributed by atoms with Crippen molar-refractivity contribution in [1.29, 1.82) is 0 Å². The molecule has 0 heterocycles. The third kappa shape index (κ3) is 6.58. The summed E-state index contributed by atoms with van der Waals surface area (Å²) < 4.78 is 10.3. The highest BCUT2D eigenvalue weighted by Gasteiger charge is 2.17. The van der Waals surface area contributed by atoms with E-state index in [-0.39, 0.29) is 11.6 Å². The maximum atomic E-state index is 11.2. The van der Waals surface area contributed by atoms with Crippen molar-refractivity contribution >= 4 is 5.97 Å². The van der Waals surface area contributed by atoms with Gasteiger partial charge in [0.1, 0.15) is 0 Å². The topological polar surface area (TPSA) is 47.6 Å². The quantitative estimate of drug-likeness (QED) is 0.506. The Hall–Kier alpha value is -0.870. The van der Waals surface area contributed by atoms with Gasteiger partial charge in [-0.25, -0.2) is 4.79 Å². The second-order valence-corrected chi connectivity index (χ2v) is 4.12. The van der Waals surface area contributed by atoms with E-state index < -0.39 is 0 Å². The largest absolute Gasteiger partial charge is 0.463 e. The number of carbonyl (C=O) groups is 1. The molecule has 0 radical (unpaired) electrons.